The summed E-state index contributed by atoms with van der Waals surface area (Å²) >= 11 is 1.40. The van der Waals surface area contributed by atoms with Gasteiger partial charge in [-0.1, -0.05) is 42.1 Å². The second-order valence-corrected chi connectivity index (χ2v) is 7.08. The lowest BCUT2D eigenvalue weighted by molar-refractivity contribution is -0.113. The number of nitrogens with zero attached hydrogens (tertiary/aromatic N) is 3. The molecule has 4 rings (SSSR count). The van der Waals surface area contributed by atoms with Crippen molar-refractivity contribution in [2.45, 2.75) is 18.1 Å². The molecule has 0 bridgehead atoms. The van der Waals surface area contributed by atoms with Crippen molar-refractivity contribution in [3.8, 4) is 0 Å². The summed E-state index contributed by atoms with van der Waals surface area (Å²) in [5.41, 5.74) is 2.41. The second kappa shape index (κ2) is 7.47. The molecule has 8 heteroatoms. The number of carbonyl (C=O) groups is 1. The zero-order valence-electron chi connectivity index (χ0n) is 15.3. The molecule has 0 aliphatic carbocycles. The Balaban J connectivity index is 1.81. The average molecular weight is 395 g/mol. The molecule has 28 heavy (non-hydrogen) atoms. The molecule has 0 spiro atoms. The van der Waals surface area contributed by atoms with Crippen LogP contribution in [-0.4, -0.2) is 26.9 Å². The first-order valence-corrected chi connectivity index (χ1v) is 9.89. The monoisotopic (exact) mass is 395 g/mol. The number of hydrogen-bond donors (Lipinski definition) is 2. The zero-order valence-corrected chi connectivity index (χ0v) is 16.1. The van der Waals surface area contributed by atoms with E-state index < -0.39 is 6.04 Å². The van der Waals surface area contributed by atoms with E-state index in [1.807, 2.05) is 43.5 Å². The van der Waals surface area contributed by atoms with Gasteiger partial charge in [0.15, 0.2) is 0 Å². The maximum Gasteiger partial charge on any atom is 0.255 e. The van der Waals surface area contributed by atoms with Gasteiger partial charge in [-0.2, -0.15) is 4.98 Å². The number of carbonyl (C=O) groups excluding carboxylic acids is 1. The molecule has 1 aliphatic rings. The number of anilines is 2. The Kier molecular flexibility index (Phi) is 4.87. The molecule has 0 radical (unpaired) electrons. The Hall–Kier alpha value is -3.13. The summed E-state index contributed by atoms with van der Waals surface area (Å²) in [6.07, 6.45) is 1.88. The summed E-state index contributed by atoms with van der Waals surface area (Å²) in [4.78, 5) is 17.6. The minimum absolute atomic E-state index is 0.280. The van der Waals surface area contributed by atoms with E-state index in [-0.39, 0.29) is 11.7 Å². The summed E-state index contributed by atoms with van der Waals surface area (Å²) in [7, 11) is 0. The largest absolute Gasteiger partial charge is 0.328 e. The van der Waals surface area contributed by atoms with Crippen molar-refractivity contribution >= 4 is 29.3 Å². The Bertz CT molecular complexity index is 1060. The van der Waals surface area contributed by atoms with Crippen LogP contribution in [0.5, 0.6) is 0 Å². The maximum atomic E-state index is 14.0. The predicted molar refractivity (Wildman–Crippen MR) is 108 cm³/mol. The van der Waals surface area contributed by atoms with Crippen LogP contribution in [-0.2, 0) is 4.79 Å². The zero-order chi connectivity index (χ0) is 19.7. The highest BCUT2D eigenvalue weighted by atomic mass is 32.2. The van der Waals surface area contributed by atoms with E-state index in [0.717, 1.165) is 0 Å². The van der Waals surface area contributed by atoms with Crippen molar-refractivity contribution in [1.82, 2.24) is 14.8 Å². The van der Waals surface area contributed by atoms with E-state index in [2.05, 4.69) is 20.7 Å². The standard InChI is InChI=1S/C20H18FN5OS/c1-12-16(18(27)23-15-9-4-3-5-10-15)17(13-7-6-8-14(21)11-13)26-19(22-12)24-20(25-26)28-2/h3-11,17H,1-2H3,(H,23,27)(H,22,24,25)/t17-/m1/s1. The molecule has 3 aromatic rings. The van der Waals surface area contributed by atoms with Gasteiger partial charge in [0, 0.05) is 11.4 Å². The number of aromatic nitrogens is 3. The van der Waals surface area contributed by atoms with E-state index in [1.54, 1.807) is 16.8 Å². The number of rotatable bonds is 4. The first kappa shape index (κ1) is 18.2. The van der Waals surface area contributed by atoms with Gasteiger partial charge in [0.2, 0.25) is 11.1 Å². The second-order valence-electron chi connectivity index (χ2n) is 6.31. The van der Waals surface area contributed by atoms with Crippen molar-refractivity contribution in [2.75, 3.05) is 16.9 Å². The summed E-state index contributed by atoms with van der Waals surface area (Å²) in [5, 5.41) is 11.1. The molecular formula is C20H18FN5OS. The molecule has 1 atom stereocenters. The Morgan fingerprint density at radius 2 is 2.00 bits per heavy atom. The maximum absolute atomic E-state index is 14.0. The molecule has 0 saturated heterocycles. The van der Waals surface area contributed by atoms with Crippen LogP contribution < -0.4 is 10.6 Å². The van der Waals surface area contributed by atoms with E-state index in [1.165, 1.54) is 23.9 Å². The number of amides is 1. The molecule has 1 aliphatic heterocycles. The van der Waals surface area contributed by atoms with Crippen molar-refractivity contribution in [3.05, 3.63) is 77.2 Å². The lowest BCUT2D eigenvalue weighted by Gasteiger charge is -2.28. The number of halogens is 1. The third-order valence-corrected chi connectivity index (χ3v) is 4.99. The van der Waals surface area contributed by atoms with Crippen LogP contribution in [0.15, 0.2) is 71.0 Å². The van der Waals surface area contributed by atoms with Gasteiger partial charge in [0.05, 0.1) is 5.57 Å². The van der Waals surface area contributed by atoms with Crippen molar-refractivity contribution in [1.29, 1.82) is 0 Å². The summed E-state index contributed by atoms with van der Waals surface area (Å²) in [5.74, 6) is -0.132. The van der Waals surface area contributed by atoms with Crippen molar-refractivity contribution < 1.29 is 9.18 Å². The lowest BCUT2D eigenvalue weighted by atomic mass is 9.95. The smallest absolute Gasteiger partial charge is 0.255 e. The lowest BCUT2D eigenvalue weighted by Crippen LogP contribution is -2.31. The number of fused-ring (bicyclic) bond motifs is 1. The average Bonchev–Trinajstić information content (AvgIpc) is 3.10. The van der Waals surface area contributed by atoms with Crippen LogP contribution in [0.25, 0.3) is 0 Å². The molecule has 142 valence electrons. The third-order valence-electron chi connectivity index (χ3n) is 4.46. The van der Waals surface area contributed by atoms with Gasteiger partial charge in [-0.15, -0.1) is 5.10 Å². The van der Waals surface area contributed by atoms with Crippen LogP contribution in [0.2, 0.25) is 0 Å². The quantitative estimate of drug-likeness (QED) is 0.652. The van der Waals surface area contributed by atoms with Crippen LogP contribution in [0.1, 0.15) is 18.5 Å². The molecule has 0 fully saturated rings. The number of para-hydroxylation sites is 1. The highest BCUT2D eigenvalue weighted by Crippen LogP contribution is 2.36. The van der Waals surface area contributed by atoms with Gasteiger partial charge in [-0.3, -0.25) is 4.79 Å². The Morgan fingerprint density at radius 3 is 2.71 bits per heavy atom. The topological polar surface area (TPSA) is 71.8 Å². The SMILES string of the molecule is CSc1nc2n(n1)[C@H](c1cccc(F)c1)C(C(=O)Nc1ccccc1)=C(C)N2. The highest BCUT2D eigenvalue weighted by molar-refractivity contribution is 7.98. The van der Waals surface area contributed by atoms with Gasteiger partial charge < -0.3 is 10.6 Å². The van der Waals surface area contributed by atoms with Crippen LogP contribution >= 0.6 is 11.8 Å². The number of benzene rings is 2. The van der Waals surface area contributed by atoms with Gasteiger partial charge >= 0.3 is 0 Å². The molecular weight excluding hydrogens is 377 g/mol. The fourth-order valence-electron chi connectivity index (χ4n) is 3.22. The third kappa shape index (κ3) is 3.38. The normalized spacial score (nSPS) is 15.8. The first-order valence-electron chi connectivity index (χ1n) is 8.67. The summed E-state index contributed by atoms with van der Waals surface area (Å²) in [6.45, 7) is 1.81. The van der Waals surface area contributed by atoms with E-state index in [9.17, 15) is 9.18 Å². The highest BCUT2D eigenvalue weighted by Gasteiger charge is 2.34. The summed E-state index contributed by atoms with van der Waals surface area (Å²) in [6, 6.07) is 14.8. The van der Waals surface area contributed by atoms with Gasteiger partial charge in [-0.05, 0) is 43.0 Å². The molecule has 2 heterocycles. The van der Waals surface area contributed by atoms with Crippen LogP contribution in [0.3, 0.4) is 0 Å². The fourth-order valence-corrected chi connectivity index (χ4v) is 3.56. The van der Waals surface area contributed by atoms with Crippen molar-refractivity contribution in [3.63, 3.8) is 0 Å². The number of nitrogens with one attached hydrogen (secondary N) is 2. The number of allylic oxidation sites excluding steroid dienone is 1. The number of thioether (sulfide) groups is 1. The van der Waals surface area contributed by atoms with Crippen LogP contribution in [0, 0.1) is 5.82 Å². The van der Waals surface area contributed by atoms with Crippen LogP contribution in [0.4, 0.5) is 16.0 Å². The fraction of sp³-hybridized carbons (Fsp3) is 0.150. The van der Waals surface area contributed by atoms with Gasteiger partial charge in [0.1, 0.15) is 11.9 Å². The molecule has 1 amide bonds. The molecule has 0 unspecified atom stereocenters. The molecule has 1 aromatic heterocycles. The van der Waals surface area contributed by atoms with Gasteiger partial charge in [-0.25, -0.2) is 9.07 Å². The number of hydrogen-bond acceptors (Lipinski definition) is 5. The Morgan fingerprint density at radius 1 is 1.21 bits per heavy atom. The molecule has 2 aromatic carbocycles. The van der Waals surface area contributed by atoms with E-state index in [0.29, 0.717) is 33.6 Å². The molecule has 2 N–H and O–H groups in total. The van der Waals surface area contributed by atoms with Gasteiger partial charge in [0.25, 0.3) is 5.91 Å². The first-order chi connectivity index (χ1) is 13.6. The van der Waals surface area contributed by atoms with Crippen molar-refractivity contribution in [2.24, 2.45) is 0 Å². The minimum atomic E-state index is -0.593. The Labute approximate surface area is 165 Å². The minimum Gasteiger partial charge on any atom is -0.328 e. The molecule has 6 nitrogen and oxygen atoms in total. The molecule has 0 saturated carbocycles. The predicted octanol–water partition coefficient (Wildman–Crippen LogP) is 4.07. The summed E-state index contributed by atoms with van der Waals surface area (Å²) < 4.78 is 15.6. The van der Waals surface area contributed by atoms with E-state index in [4.69, 9.17) is 0 Å². The van der Waals surface area contributed by atoms with E-state index >= 15 is 0 Å².